The summed E-state index contributed by atoms with van der Waals surface area (Å²) in [4.78, 5) is 62.1. The Bertz CT molecular complexity index is 1690. The summed E-state index contributed by atoms with van der Waals surface area (Å²) < 4.78 is 5.53. The molecule has 5 N–H and O–H groups in total. The number of carbonyl (C=O) groups is 4. The first-order valence-electron chi connectivity index (χ1n) is 18.0. The lowest BCUT2D eigenvalue weighted by Gasteiger charge is -2.31. The molecular weight excluding hydrogens is 662 g/mol. The van der Waals surface area contributed by atoms with E-state index in [1.54, 1.807) is 19.3 Å². The summed E-state index contributed by atoms with van der Waals surface area (Å²) in [5.41, 5.74) is 11.5. The lowest BCUT2D eigenvalue weighted by molar-refractivity contribution is -0.144. The number of nitrogens with one attached hydrogen (secondary N) is 2. The highest BCUT2D eigenvalue weighted by molar-refractivity contribution is 5.94. The van der Waals surface area contributed by atoms with Crippen molar-refractivity contribution in [3.63, 3.8) is 0 Å². The molecular formula is C39H53N7O6. The number of alkyl carbamates (subject to hydrolysis) is 1. The van der Waals surface area contributed by atoms with E-state index < -0.39 is 36.1 Å². The average Bonchev–Trinajstić information content (AvgIpc) is 3.55. The second-order valence-electron chi connectivity index (χ2n) is 13.9. The molecule has 0 saturated carbocycles. The van der Waals surface area contributed by atoms with Gasteiger partial charge in [0.2, 0.25) is 11.8 Å². The second-order valence-corrected chi connectivity index (χ2v) is 13.9. The van der Waals surface area contributed by atoms with E-state index in [0.717, 1.165) is 35.0 Å². The van der Waals surface area contributed by atoms with Gasteiger partial charge in [-0.15, -0.1) is 0 Å². The van der Waals surface area contributed by atoms with Crippen molar-refractivity contribution in [1.29, 1.82) is 0 Å². The first kappa shape index (κ1) is 39.8. The number of nitrogens with two attached hydrogens (primary N) is 1. The minimum Gasteiger partial charge on any atom is -0.445 e. The summed E-state index contributed by atoms with van der Waals surface area (Å²) in [6.45, 7) is 9.87. The van der Waals surface area contributed by atoms with Crippen molar-refractivity contribution < 1.29 is 29.0 Å². The first-order chi connectivity index (χ1) is 24.9. The first-order valence-corrected chi connectivity index (χ1v) is 18.0. The Morgan fingerprint density at radius 1 is 1.00 bits per heavy atom. The molecule has 1 aliphatic rings. The number of hydrogen-bond donors (Lipinski definition) is 4. The van der Waals surface area contributed by atoms with Crippen molar-refractivity contribution in [3.05, 3.63) is 84.3 Å². The minimum absolute atomic E-state index is 0.00895. The van der Waals surface area contributed by atoms with Gasteiger partial charge in [-0.2, -0.15) is 0 Å². The number of ether oxygens (including phenoxy) is 1. The van der Waals surface area contributed by atoms with Crippen LogP contribution in [0, 0.1) is 11.8 Å². The lowest BCUT2D eigenvalue weighted by Crippen LogP contribution is -2.56. The van der Waals surface area contributed by atoms with E-state index in [0.29, 0.717) is 18.0 Å². The molecule has 0 aliphatic carbocycles. The van der Waals surface area contributed by atoms with Gasteiger partial charge < -0.3 is 25.8 Å². The number of benzene rings is 2. The number of aromatic nitrogens is 1. The Hall–Kier alpha value is -5.01. The van der Waals surface area contributed by atoms with Crippen molar-refractivity contribution in [2.45, 2.75) is 91.5 Å². The summed E-state index contributed by atoms with van der Waals surface area (Å²) in [5, 5.41) is 15.3. The molecule has 1 aliphatic heterocycles. The molecule has 13 heteroatoms. The Morgan fingerprint density at radius 2 is 1.71 bits per heavy atom. The third-order valence-electron chi connectivity index (χ3n) is 8.97. The third-order valence-corrected chi connectivity index (χ3v) is 8.97. The van der Waals surface area contributed by atoms with Crippen LogP contribution in [0.2, 0.25) is 0 Å². The van der Waals surface area contributed by atoms with Gasteiger partial charge >= 0.3 is 6.09 Å². The number of carbonyl (C=O) groups excluding carboxylic acids is 4. The monoisotopic (exact) mass is 715 g/mol. The molecule has 0 saturated heterocycles. The van der Waals surface area contributed by atoms with Gasteiger partial charge in [-0.25, -0.2) is 4.79 Å². The number of nitrogens with zero attached hydrogens (tertiary/aromatic N) is 4. The zero-order chi connectivity index (χ0) is 37.8. The third kappa shape index (κ3) is 11.2. The van der Waals surface area contributed by atoms with Gasteiger partial charge in [0.25, 0.3) is 5.91 Å². The molecule has 2 aromatic carbocycles. The number of pyridine rings is 1. The lowest BCUT2D eigenvalue weighted by atomic mass is 10.0. The minimum atomic E-state index is -1.23. The number of hydrazine groups is 1. The number of para-hydroxylation sites is 1. The molecule has 4 rings (SSSR count). The van der Waals surface area contributed by atoms with E-state index in [1.165, 1.54) is 9.91 Å². The van der Waals surface area contributed by atoms with E-state index >= 15 is 0 Å². The van der Waals surface area contributed by atoms with Crippen LogP contribution in [0.5, 0.6) is 0 Å². The number of amides is 4. The van der Waals surface area contributed by atoms with Crippen molar-refractivity contribution in [3.8, 4) is 0 Å². The van der Waals surface area contributed by atoms with Crippen molar-refractivity contribution in [2.75, 3.05) is 18.1 Å². The summed E-state index contributed by atoms with van der Waals surface area (Å²) in [6, 6.07) is 16.5. The van der Waals surface area contributed by atoms with Crippen LogP contribution < -0.4 is 21.4 Å². The molecule has 4 amide bonds. The molecule has 1 aromatic heterocycles. The highest BCUT2D eigenvalue weighted by atomic mass is 16.5. The fraction of sp³-hybridized carbons (Fsp3) is 0.462. The molecule has 0 radical (unpaired) electrons. The Kier molecular flexibility index (Phi) is 14.5. The van der Waals surface area contributed by atoms with Gasteiger partial charge in [0.1, 0.15) is 19.3 Å². The summed E-state index contributed by atoms with van der Waals surface area (Å²) in [6.07, 6.45) is 3.28. The van der Waals surface area contributed by atoms with Crippen LogP contribution in [0.15, 0.2) is 78.8 Å². The van der Waals surface area contributed by atoms with Crippen LogP contribution in [0.3, 0.4) is 0 Å². The van der Waals surface area contributed by atoms with Crippen LogP contribution in [-0.2, 0) is 25.7 Å². The highest BCUT2D eigenvalue weighted by Crippen LogP contribution is 2.33. The van der Waals surface area contributed by atoms with Crippen molar-refractivity contribution in [1.82, 2.24) is 25.6 Å². The number of rotatable bonds is 16. The van der Waals surface area contributed by atoms with Gasteiger partial charge in [0, 0.05) is 36.4 Å². The van der Waals surface area contributed by atoms with Gasteiger partial charge in [-0.3, -0.25) is 34.7 Å². The molecule has 0 bridgehead atoms. The van der Waals surface area contributed by atoms with Crippen LogP contribution in [0.25, 0.3) is 10.9 Å². The summed E-state index contributed by atoms with van der Waals surface area (Å²) in [5.74, 6) is -1.07. The second kappa shape index (κ2) is 19.0. The van der Waals surface area contributed by atoms with E-state index in [4.69, 9.17) is 10.5 Å². The number of fused-ring (bicyclic) bond motifs is 1. The molecule has 0 fully saturated rings. The van der Waals surface area contributed by atoms with Crippen LogP contribution in [0.1, 0.15) is 72.3 Å². The van der Waals surface area contributed by atoms with Gasteiger partial charge in [0.15, 0.2) is 0 Å². The highest BCUT2D eigenvalue weighted by Gasteiger charge is 2.35. The number of hydrogen-bond acceptors (Lipinski definition) is 9. The molecule has 1 unspecified atom stereocenters. The van der Waals surface area contributed by atoms with Crippen LogP contribution >= 0.6 is 0 Å². The zero-order valence-corrected chi connectivity index (χ0v) is 30.8. The van der Waals surface area contributed by atoms with Gasteiger partial charge in [-0.1, -0.05) is 82.6 Å². The topological polar surface area (TPSA) is 170 Å². The normalized spacial score (nSPS) is 15.1. The summed E-state index contributed by atoms with van der Waals surface area (Å²) in [7, 11) is 0. The fourth-order valence-electron chi connectivity index (χ4n) is 5.81. The number of anilines is 1. The smallest absolute Gasteiger partial charge is 0.408 e. The van der Waals surface area contributed by atoms with Gasteiger partial charge in [-0.05, 0) is 49.3 Å². The Balaban J connectivity index is 1.68. The number of aliphatic hydroxyl groups excluding tert-OH is 1. The van der Waals surface area contributed by atoms with Gasteiger partial charge in [0.05, 0.1) is 29.8 Å². The maximum absolute atomic E-state index is 14.5. The SMILES string of the molecule is CCC(C)CN(NC(=O)C[C@@H](O)CCC(C)C)C(=O)[C@H](CC1=CN(C(=O)[C@H](C)N)CN1c1ccnc2ccccc12)NC(=O)OCc1ccccc1. The van der Waals surface area contributed by atoms with Crippen molar-refractivity contribution >= 4 is 40.4 Å². The van der Waals surface area contributed by atoms with E-state index in [-0.39, 0.29) is 44.5 Å². The van der Waals surface area contributed by atoms with Crippen LogP contribution in [-0.4, -0.2) is 75.2 Å². The molecule has 13 nitrogen and oxygen atoms in total. The average molecular weight is 716 g/mol. The maximum atomic E-state index is 14.5. The Labute approximate surface area is 306 Å². The molecule has 52 heavy (non-hydrogen) atoms. The summed E-state index contributed by atoms with van der Waals surface area (Å²) >= 11 is 0. The predicted molar refractivity (Wildman–Crippen MR) is 200 cm³/mol. The fourth-order valence-corrected chi connectivity index (χ4v) is 5.81. The quantitative estimate of drug-likeness (QED) is 0.152. The molecule has 2 heterocycles. The number of aliphatic hydroxyl groups is 1. The van der Waals surface area contributed by atoms with E-state index in [1.807, 2.05) is 93.3 Å². The standard InChI is InChI=1S/C39H53N7O6/c1-6-27(4)22-46(43-36(48)21-31(47)17-16-26(2)3)38(50)34(42-39(51)52-24-29-12-8-7-9-13-29)20-30-23-44(37(49)28(5)40)25-45(30)35-18-19-41-33-15-11-10-14-32(33)35/h7-15,18-19,23,26-28,31,34,47H,6,16-17,20-22,24-25,40H2,1-5H3,(H,42,51)(H,43,48)/t27?,28-,31-,34-/m0/s1. The largest absolute Gasteiger partial charge is 0.445 e. The van der Waals surface area contributed by atoms with E-state index in [2.05, 4.69) is 15.7 Å². The van der Waals surface area contributed by atoms with E-state index in [9.17, 15) is 24.3 Å². The van der Waals surface area contributed by atoms with Crippen molar-refractivity contribution in [2.24, 2.45) is 17.6 Å². The maximum Gasteiger partial charge on any atom is 0.408 e. The zero-order valence-electron chi connectivity index (χ0n) is 30.8. The molecule has 280 valence electrons. The predicted octanol–water partition coefficient (Wildman–Crippen LogP) is 4.81. The van der Waals surface area contributed by atoms with Crippen LogP contribution in [0.4, 0.5) is 10.5 Å². The molecule has 4 atom stereocenters. The molecule has 0 spiro atoms. The molecule has 3 aromatic rings. The Morgan fingerprint density at radius 3 is 2.40 bits per heavy atom.